The highest BCUT2D eigenvalue weighted by atomic mass is 35.5. The molecule has 0 saturated heterocycles. The average Bonchev–Trinajstić information content (AvgIpc) is 2.93. The molecular formula is C20H22ClN3O3. The average molecular weight is 388 g/mol. The SMILES string of the molecule is CC1(C)COC(c2nc(-c3ccc(Cl)cc3)cnc2C(=O)OC(C)(C)C)=N1. The first-order chi connectivity index (χ1) is 12.5. The van der Waals surface area contributed by atoms with Crippen molar-refractivity contribution in [2.24, 2.45) is 4.99 Å². The van der Waals surface area contributed by atoms with Gasteiger partial charge in [0.15, 0.2) is 11.4 Å². The lowest BCUT2D eigenvalue weighted by Crippen LogP contribution is -2.26. The van der Waals surface area contributed by atoms with Crippen molar-refractivity contribution in [2.75, 3.05) is 6.61 Å². The smallest absolute Gasteiger partial charge is 0.359 e. The molecule has 0 atom stereocenters. The van der Waals surface area contributed by atoms with Crippen molar-refractivity contribution in [1.82, 2.24) is 9.97 Å². The maximum Gasteiger partial charge on any atom is 0.359 e. The van der Waals surface area contributed by atoms with Gasteiger partial charge in [-0.1, -0.05) is 23.7 Å². The molecule has 3 rings (SSSR count). The van der Waals surface area contributed by atoms with Crippen LogP contribution in [0.2, 0.25) is 5.02 Å². The number of benzene rings is 1. The molecule has 1 aromatic carbocycles. The summed E-state index contributed by atoms with van der Waals surface area (Å²) in [7, 11) is 0. The number of halogens is 1. The van der Waals surface area contributed by atoms with Crippen LogP contribution in [0.1, 0.15) is 50.8 Å². The van der Waals surface area contributed by atoms with Gasteiger partial charge in [-0.25, -0.2) is 19.8 Å². The molecule has 0 unspecified atom stereocenters. The lowest BCUT2D eigenvalue weighted by molar-refractivity contribution is 0.00617. The van der Waals surface area contributed by atoms with Gasteiger partial charge in [0.05, 0.1) is 17.4 Å². The van der Waals surface area contributed by atoms with Crippen LogP contribution < -0.4 is 0 Å². The molecule has 7 heteroatoms. The number of hydrogen-bond donors (Lipinski definition) is 0. The molecule has 0 fully saturated rings. The van der Waals surface area contributed by atoms with E-state index in [1.807, 2.05) is 26.0 Å². The van der Waals surface area contributed by atoms with Crippen molar-refractivity contribution in [3.8, 4) is 11.3 Å². The highest BCUT2D eigenvalue weighted by Gasteiger charge is 2.32. The molecule has 0 bridgehead atoms. The highest BCUT2D eigenvalue weighted by molar-refractivity contribution is 6.30. The van der Waals surface area contributed by atoms with Crippen molar-refractivity contribution < 1.29 is 14.3 Å². The van der Waals surface area contributed by atoms with E-state index in [0.717, 1.165) is 5.56 Å². The van der Waals surface area contributed by atoms with E-state index in [0.29, 0.717) is 23.2 Å². The fraction of sp³-hybridized carbons (Fsp3) is 0.400. The van der Waals surface area contributed by atoms with Crippen LogP contribution in [0.25, 0.3) is 11.3 Å². The second-order valence-corrected chi connectivity index (χ2v) is 8.42. The van der Waals surface area contributed by atoms with Gasteiger partial charge in [0.1, 0.15) is 12.2 Å². The molecule has 0 amide bonds. The Morgan fingerprint density at radius 2 is 1.89 bits per heavy atom. The molecule has 1 aromatic heterocycles. The summed E-state index contributed by atoms with van der Waals surface area (Å²) in [6, 6.07) is 7.22. The van der Waals surface area contributed by atoms with Gasteiger partial charge in [-0.3, -0.25) is 0 Å². The van der Waals surface area contributed by atoms with E-state index in [9.17, 15) is 4.79 Å². The molecule has 2 heterocycles. The fourth-order valence-electron chi connectivity index (χ4n) is 2.48. The standard InChI is InChI=1S/C20H22ClN3O3/c1-19(2,3)27-18(25)16-15(17-24-20(4,5)11-26-17)23-14(10-22-16)12-6-8-13(21)9-7-12/h6-10H,11H2,1-5H3. The van der Waals surface area contributed by atoms with Gasteiger partial charge in [-0.15, -0.1) is 0 Å². The molecule has 142 valence electrons. The van der Waals surface area contributed by atoms with Gasteiger partial charge in [0, 0.05) is 10.6 Å². The Hall–Kier alpha value is -2.47. The van der Waals surface area contributed by atoms with E-state index < -0.39 is 17.1 Å². The zero-order chi connectivity index (χ0) is 19.8. The molecule has 27 heavy (non-hydrogen) atoms. The predicted molar refractivity (Wildman–Crippen MR) is 104 cm³/mol. The Morgan fingerprint density at radius 3 is 2.44 bits per heavy atom. The van der Waals surface area contributed by atoms with E-state index in [1.165, 1.54) is 6.20 Å². The minimum absolute atomic E-state index is 0.0825. The van der Waals surface area contributed by atoms with Crippen molar-refractivity contribution in [3.05, 3.63) is 46.9 Å². The second-order valence-electron chi connectivity index (χ2n) is 7.98. The summed E-state index contributed by atoms with van der Waals surface area (Å²) in [5.41, 5.74) is 0.731. The first-order valence-corrected chi connectivity index (χ1v) is 9.01. The Balaban J connectivity index is 2.08. The van der Waals surface area contributed by atoms with Crippen LogP contribution in [0.3, 0.4) is 0 Å². The Labute approximate surface area is 163 Å². The molecule has 0 spiro atoms. The number of hydrogen-bond acceptors (Lipinski definition) is 6. The highest BCUT2D eigenvalue weighted by Crippen LogP contribution is 2.25. The number of ether oxygens (including phenoxy) is 2. The summed E-state index contributed by atoms with van der Waals surface area (Å²) >= 11 is 5.96. The number of rotatable bonds is 3. The van der Waals surface area contributed by atoms with Crippen LogP contribution in [0, 0.1) is 0 Å². The lowest BCUT2D eigenvalue weighted by atomic mass is 10.1. The Bertz CT molecular complexity index is 900. The first kappa shape index (κ1) is 19.3. The number of aliphatic imine (C=N–C) groups is 1. The summed E-state index contributed by atoms with van der Waals surface area (Å²) in [6.45, 7) is 9.70. The third-order valence-electron chi connectivity index (χ3n) is 3.67. The molecular weight excluding hydrogens is 366 g/mol. The van der Waals surface area contributed by atoms with Gasteiger partial charge in [-0.05, 0) is 46.8 Å². The zero-order valence-electron chi connectivity index (χ0n) is 16.0. The number of carbonyl (C=O) groups is 1. The van der Waals surface area contributed by atoms with E-state index in [4.69, 9.17) is 21.1 Å². The fourth-order valence-corrected chi connectivity index (χ4v) is 2.61. The van der Waals surface area contributed by atoms with Gasteiger partial charge in [0.2, 0.25) is 5.90 Å². The van der Waals surface area contributed by atoms with E-state index >= 15 is 0 Å². The van der Waals surface area contributed by atoms with Crippen LogP contribution >= 0.6 is 11.6 Å². The minimum atomic E-state index is -0.650. The monoisotopic (exact) mass is 387 g/mol. The summed E-state index contributed by atoms with van der Waals surface area (Å²) in [5, 5.41) is 0.627. The van der Waals surface area contributed by atoms with Crippen LogP contribution in [-0.2, 0) is 9.47 Å². The van der Waals surface area contributed by atoms with Gasteiger partial charge in [0.25, 0.3) is 0 Å². The minimum Gasteiger partial charge on any atom is -0.474 e. The summed E-state index contributed by atoms with van der Waals surface area (Å²) in [6.07, 6.45) is 1.53. The lowest BCUT2D eigenvalue weighted by Gasteiger charge is -2.20. The molecule has 0 aliphatic carbocycles. The third kappa shape index (κ3) is 4.63. The maximum absolute atomic E-state index is 12.6. The molecule has 1 aliphatic heterocycles. The Morgan fingerprint density at radius 1 is 1.22 bits per heavy atom. The number of aromatic nitrogens is 2. The van der Waals surface area contributed by atoms with Crippen LogP contribution in [-0.4, -0.2) is 39.6 Å². The molecule has 2 aromatic rings. The van der Waals surface area contributed by atoms with Crippen molar-refractivity contribution >= 4 is 23.5 Å². The number of carbonyl (C=O) groups excluding carboxylic acids is 1. The molecule has 0 saturated carbocycles. The van der Waals surface area contributed by atoms with Crippen molar-refractivity contribution in [3.63, 3.8) is 0 Å². The van der Waals surface area contributed by atoms with E-state index in [2.05, 4.69) is 15.0 Å². The first-order valence-electron chi connectivity index (χ1n) is 8.63. The molecule has 0 N–H and O–H groups in total. The quantitative estimate of drug-likeness (QED) is 0.734. The largest absolute Gasteiger partial charge is 0.474 e. The van der Waals surface area contributed by atoms with E-state index in [-0.39, 0.29) is 11.4 Å². The van der Waals surface area contributed by atoms with Gasteiger partial charge >= 0.3 is 5.97 Å². The number of esters is 1. The summed E-state index contributed by atoms with van der Waals surface area (Å²) < 4.78 is 11.2. The topological polar surface area (TPSA) is 73.7 Å². The van der Waals surface area contributed by atoms with Gasteiger partial charge in [-0.2, -0.15) is 0 Å². The third-order valence-corrected chi connectivity index (χ3v) is 3.93. The van der Waals surface area contributed by atoms with Gasteiger partial charge < -0.3 is 9.47 Å². The maximum atomic E-state index is 12.6. The van der Waals surface area contributed by atoms with E-state index in [1.54, 1.807) is 32.9 Å². The van der Waals surface area contributed by atoms with Crippen LogP contribution in [0.5, 0.6) is 0 Å². The number of nitrogens with zero attached hydrogens (tertiary/aromatic N) is 3. The normalized spacial score (nSPS) is 15.9. The zero-order valence-corrected chi connectivity index (χ0v) is 16.8. The van der Waals surface area contributed by atoms with Crippen LogP contribution in [0.4, 0.5) is 0 Å². The summed E-state index contributed by atoms with van der Waals surface area (Å²) in [5.74, 6) is -0.271. The van der Waals surface area contributed by atoms with Crippen molar-refractivity contribution in [1.29, 1.82) is 0 Å². The van der Waals surface area contributed by atoms with Crippen molar-refractivity contribution in [2.45, 2.75) is 45.8 Å². The second kappa shape index (κ2) is 6.93. The predicted octanol–water partition coefficient (Wildman–Crippen LogP) is 4.31. The van der Waals surface area contributed by atoms with Crippen LogP contribution in [0.15, 0.2) is 35.5 Å². The summed E-state index contributed by atoms with van der Waals surface area (Å²) in [4.78, 5) is 26.1. The molecule has 0 radical (unpaired) electrons. The molecule has 6 nitrogen and oxygen atoms in total. The Kier molecular flexibility index (Phi) is 4.95. The molecule has 1 aliphatic rings.